The molecule has 1 aromatic rings. The Labute approximate surface area is 102 Å². The number of aromatic nitrogens is 1. The summed E-state index contributed by atoms with van der Waals surface area (Å²) in [6, 6.07) is 1.97. The molecule has 1 aromatic heterocycles. The van der Waals surface area contributed by atoms with Crippen LogP contribution in [0.3, 0.4) is 0 Å². The van der Waals surface area contributed by atoms with Crippen LogP contribution in [-0.4, -0.2) is 23.5 Å². The predicted molar refractivity (Wildman–Crippen MR) is 67.4 cm³/mol. The number of nitrogens with one attached hydrogen (secondary N) is 3. The summed E-state index contributed by atoms with van der Waals surface area (Å²) in [5, 5.41) is 6.27. The summed E-state index contributed by atoms with van der Waals surface area (Å²) in [4.78, 5) is 15.0. The van der Waals surface area contributed by atoms with E-state index in [1.54, 1.807) is 0 Å². The van der Waals surface area contributed by atoms with Crippen LogP contribution in [0.4, 0.5) is 0 Å². The van der Waals surface area contributed by atoms with E-state index in [-0.39, 0.29) is 11.9 Å². The molecule has 0 aliphatic carbocycles. The molecule has 1 amide bonds. The molecule has 17 heavy (non-hydrogen) atoms. The van der Waals surface area contributed by atoms with Crippen LogP contribution in [0.15, 0.2) is 18.5 Å². The zero-order valence-electron chi connectivity index (χ0n) is 10.3. The van der Waals surface area contributed by atoms with Crippen molar-refractivity contribution in [3.05, 3.63) is 24.0 Å². The van der Waals surface area contributed by atoms with Crippen molar-refractivity contribution in [3.8, 4) is 0 Å². The zero-order valence-corrected chi connectivity index (χ0v) is 10.3. The first-order valence-corrected chi connectivity index (χ1v) is 6.42. The third-order valence-corrected chi connectivity index (χ3v) is 3.54. The van der Waals surface area contributed by atoms with Crippen molar-refractivity contribution in [1.82, 2.24) is 15.6 Å². The maximum absolute atomic E-state index is 12.0. The average molecular weight is 235 g/mol. The highest BCUT2D eigenvalue weighted by molar-refractivity contribution is 5.81. The van der Waals surface area contributed by atoms with Crippen LogP contribution < -0.4 is 10.6 Å². The number of piperidine rings is 1. The van der Waals surface area contributed by atoms with Gasteiger partial charge in [0.05, 0.1) is 6.04 Å². The van der Waals surface area contributed by atoms with E-state index in [1.807, 2.05) is 18.5 Å². The van der Waals surface area contributed by atoms with Gasteiger partial charge >= 0.3 is 0 Å². The maximum atomic E-state index is 12.0. The summed E-state index contributed by atoms with van der Waals surface area (Å²) < 4.78 is 0. The van der Waals surface area contributed by atoms with Gasteiger partial charge in [0.2, 0.25) is 5.91 Å². The van der Waals surface area contributed by atoms with Gasteiger partial charge in [-0.15, -0.1) is 0 Å². The largest absolute Gasteiger partial charge is 0.367 e. The smallest absolute Gasteiger partial charge is 0.237 e. The first kappa shape index (κ1) is 12.2. The van der Waals surface area contributed by atoms with E-state index in [0.29, 0.717) is 12.5 Å². The van der Waals surface area contributed by atoms with E-state index in [4.69, 9.17) is 0 Å². The van der Waals surface area contributed by atoms with Crippen LogP contribution in [0.2, 0.25) is 0 Å². The van der Waals surface area contributed by atoms with Gasteiger partial charge in [-0.05, 0) is 36.9 Å². The quantitative estimate of drug-likeness (QED) is 0.739. The van der Waals surface area contributed by atoms with Crippen molar-refractivity contribution in [1.29, 1.82) is 0 Å². The lowest BCUT2D eigenvalue weighted by Crippen LogP contribution is -2.48. The summed E-state index contributed by atoms with van der Waals surface area (Å²) in [5.41, 5.74) is 1.11. The Hall–Kier alpha value is -1.29. The molecule has 2 unspecified atom stereocenters. The van der Waals surface area contributed by atoms with Crippen LogP contribution in [0, 0.1) is 5.92 Å². The normalized spacial score (nSPS) is 24.5. The highest BCUT2D eigenvalue weighted by atomic mass is 16.2. The van der Waals surface area contributed by atoms with E-state index in [9.17, 15) is 4.79 Å². The summed E-state index contributed by atoms with van der Waals surface area (Å²) >= 11 is 0. The fourth-order valence-electron chi connectivity index (χ4n) is 2.35. The number of hydrogen-bond acceptors (Lipinski definition) is 2. The summed E-state index contributed by atoms with van der Waals surface area (Å²) in [6.07, 6.45) is 7.10. The summed E-state index contributed by atoms with van der Waals surface area (Å²) in [5.74, 6) is 0.823. The number of amides is 1. The van der Waals surface area contributed by atoms with Gasteiger partial charge in [-0.2, -0.15) is 0 Å². The van der Waals surface area contributed by atoms with Gasteiger partial charge in [-0.1, -0.05) is 13.3 Å². The lowest BCUT2D eigenvalue weighted by molar-refractivity contribution is -0.124. The number of rotatable bonds is 4. The zero-order chi connectivity index (χ0) is 12.1. The Morgan fingerprint density at radius 3 is 3.18 bits per heavy atom. The molecule has 4 heteroatoms. The molecule has 2 atom stereocenters. The number of aromatic amines is 1. The Morgan fingerprint density at radius 2 is 2.47 bits per heavy atom. The topological polar surface area (TPSA) is 56.9 Å². The van der Waals surface area contributed by atoms with Crippen molar-refractivity contribution in [2.24, 2.45) is 5.92 Å². The molecular weight excluding hydrogens is 214 g/mol. The van der Waals surface area contributed by atoms with E-state index >= 15 is 0 Å². The Balaban J connectivity index is 1.79. The van der Waals surface area contributed by atoms with Gasteiger partial charge in [0.25, 0.3) is 0 Å². The fraction of sp³-hybridized carbons (Fsp3) is 0.615. The van der Waals surface area contributed by atoms with Gasteiger partial charge in [-0.3, -0.25) is 4.79 Å². The average Bonchev–Trinajstić information content (AvgIpc) is 2.89. The summed E-state index contributed by atoms with van der Waals surface area (Å²) in [7, 11) is 0. The molecule has 1 aliphatic heterocycles. The third-order valence-electron chi connectivity index (χ3n) is 3.54. The third kappa shape index (κ3) is 3.33. The SMILES string of the molecule is CCC1CCNC(C(=O)NCc2cc[nH]c2)C1. The minimum Gasteiger partial charge on any atom is -0.367 e. The standard InChI is InChI=1S/C13H21N3O/c1-2-10-4-6-15-12(7-10)13(17)16-9-11-3-5-14-8-11/h3,5,8,10,12,14-15H,2,4,6-7,9H2,1H3,(H,16,17). The molecule has 0 saturated carbocycles. The Kier molecular flexibility index (Phi) is 4.20. The molecule has 3 N–H and O–H groups in total. The van der Waals surface area contributed by atoms with Crippen LogP contribution in [-0.2, 0) is 11.3 Å². The molecule has 1 saturated heterocycles. The maximum Gasteiger partial charge on any atom is 0.237 e. The first-order valence-electron chi connectivity index (χ1n) is 6.42. The van der Waals surface area contributed by atoms with E-state index < -0.39 is 0 Å². The molecule has 4 nitrogen and oxygen atoms in total. The minimum absolute atomic E-state index is 0.00681. The molecule has 1 fully saturated rings. The van der Waals surface area contributed by atoms with E-state index in [2.05, 4.69) is 22.5 Å². The van der Waals surface area contributed by atoms with Gasteiger partial charge in [0.15, 0.2) is 0 Å². The van der Waals surface area contributed by atoms with Crippen molar-refractivity contribution in [3.63, 3.8) is 0 Å². The predicted octanol–water partition coefficient (Wildman–Crippen LogP) is 1.41. The van der Waals surface area contributed by atoms with Crippen LogP contribution in [0.5, 0.6) is 0 Å². The van der Waals surface area contributed by atoms with Gasteiger partial charge in [0.1, 0.15) is 0 Å². The molecule has 1 aliphatic rings. The molecule has 2 rings (SSSR count). The molecule has 0 aromatic carbocycles. The Morgan fingerprint density at radius 1 is 1.59 bits per heavy atom. The van der Waals surface area contributed by atoms with Gasteiger partial charge in [0, 0.05) is 18.9 Å². The molecule has 0 bridgehead atoms. The number of H-pyrrole nitrogens is 1. The lowest BCUT2D eigenvalue weighted by Gasteiger charge is -2.28. The van der Waals surface area contributed by atoms with E-state index in [1.165, 1.54) is 12.8 Å². The Bertz CT molecular complexity index is 348. The van der Waals surface area contributed by atoms with E-state index in [0.717, 1.165) is 18.5 Å². The second kappa shape index (κ2) is 5.87. The monoisotopic (exact) mass is 235 g/mol. The molecule has 94 valence electrons. The fourth-order valence-corrected chi connectivity index (χ4v) is 2.35. The number of carbonyl (C=O) groups excluding carboxylic acids is 1. The van der Waals surface area contributed by atoms with Crippen molar-refractivity contribution in [2.45, 2.75) is 38.8 Å². The second-order valence-corrected chi connectivity index (χ2v) is 4.74. The van der Waals surface area contributed by atoms with Crippen LogP contribution >= 0.6 is 0 Å². The first-order chi connectivity index (χ1) is 8.29. The second-order valence-electron chi connectivity index (χ2n) is 4.74. The van der Waals surface area contributed by atoms with Crippen LogP contribution in [0.1, 0.15) is 31.7 Å². The van der Waals surface area contributed by atoms with Crippen molar-refractivity contribution >= 4 is 5.91 Å². The van der Waals surface area contributed by atoms with Crippen LogP contribution in [0.25, 0.3) is 0 Å². The highest BCUT2D eigenvalue weighted by Crippen LogP contribution is 2.19. The van der Waals surface area contributed by atoms with Crippen molar-refractivity contribution < 1.29 is 4.79 Å². The molecule has 0 spiro atoms. The van der Waals surface area contributed by atoms with Crippen molar-refractivity contribution in [2.75, 3.05) is 6.54 Å². The van der Waals surface area contributed by atoms with Gasteiger partial charge in [-0.25, -0.2) is 0 Å². The number of hydrogen-bond donors (Lipinski definition) is 3. The number of carbonyl (C=O) groups is 1. The minimum atomic E-state index is -0.00681. The van der Waals surface area contributed by atoms with Gasteiger partial charge < -0.3 is 15.6 Å². The molecule has 0 radical (unpaired) electrons. The molecular formula is C13H21N3O. The lowest BCUT2D eigenvalue weighted by atomic mass is 9.90. The molecule has 2 heterocycles. The summed E-state index contributed by atoms with van der Waals surface area (Å²) in [6.45, 7) is 3.77. The highest BCUT2D eigenvalue weighted by Gasteiger charge is 2.25.